The monoisotopic (exact) mass is 348 g/mol. The fourth-order valence-electron chi connectivity index (χ4n) is 3.48. The van der Waals surface area contributed by atoms with Gasteiger partial charge < -0.3 is 19.5 Å². The van der Waals surface area contributed by atoms with Crippen LogP contribution in [0.15, 0.2) is 12.5 Å². The van der Waals surface area contributed by atoms with Gasteiger partial charge in [0.15, 0.2) is 0 Å². The molecule has 0 aliphatic carbocycles. The van der Waals surface area contributed by atoms with Crippen molar-refractivity contribution in [1.29, 1.82) is 0 Å². The van der Waals surface area contributed by atoms with Crippen molar-refractivity contribution in [2.75, 3.05) is 26.3 Å². The van der Waals surface area contributed by atoms with Gasteiger partial charge in [-0.15, -0.1) is 0 Å². The summed E-state index contributed by atoms with van der Waals surface area (Å²) in [5.74, 6) is 0.847. The van der Waals surface area contributed by atoms with E-state index >= 15 is 0 Å². The lowest BCUT2D eigenvalue weighted by molar-refractivity contribution is -0.136. The third-order valence-corrected chi connectivity index (χ3v) is 4.97. The van der Waals surface area contributed by atoms with Crippen LogP contribution < -0.4 is 5.32 Å². The van der Waals surface area contributed by atoms with E-state index < -0.39 is 6.04 Å². The van der Waals surface area contributed by atoms with Crippen LogP contribution in [0.1, 0.15) is 44.8 Å². The predicted octanol–water partition coefficient (Wildman–Crippen LogP) is 1.36. The first-order valence-electron chi connectivity index (χ1n) is 9.18. The maximum Gasteiger partial charge on any atom is 0.244 e. The van der Waals surface area contributed by atoms with Crippen LogP contribution in [0.25, 0.3) is 0 Å². The molecule has 1 atom stereocenters. The van der Waals surface area contributed by atoms with Gasteiger partial charge in [0.1, 0.15) is 6.04 Å². The average molecular weight is 348 g/mol. The van der Waals surface area contributed by atoms with E-state index in [2.05, 4.69) is 10.3 Å². The van der Waals surface area contributed by atoms with Crippen LogP contribution in [0.2, 0.25) is 0 Å². The molecule has 1 N–H and O–H groups in total. The van der Waals surface area contributed by atoms with Crippen molar-refractivity contribution in [1.82, 2.24) is 19.8 Å². The van der Waals surface area contributed by atoms with Crippen molar-refractivity contribution in [2.24, 2.45) is 11.8 Å². The van der Waals surface area contributed by atoms with E-state index in [0.717, 1.165) is 31.7 Å². The predicted molar refractivity (Wildman–Crippen MR) is 92.7 cm³/mol. The van der Waals surface area contributed by atoms with E-state index in [0.29, 0.717) is 37.9 Å². The summed E-state index contributed by atoms with van der Waals surface area (Å²) in [6, 6.07) is -0.401. The Balaban J connectivity index is 1.64. The number of ether oxygens (including phenoxy) is 1. The van der Waals surface area contributed by atoms with E-state index in [1.165, 1.54) is 0 Å². The third-order valence-electron chi connectivity index (χ3n) is 4.97. The standard InChI is InChI=1S/C18H28N4O3/c1-13(2)7-17(23)21-10-15-9-19-12-22(15)16(11-21)18(24)20-8-14-3-5-25-6-4-14/h9,12-14,16H,3-8,10-11H2,1-2H3,(H,20,24). The second-order valence-electron chi connectivity index (χ2n) is 7.48. The Bertz CT molecular complexity index is 607. The lowest BCUT2D eigenvalue weighted by Crippen LogP contribution is -2.47. The number of amides is 2. The first kappa shape index (κ1) is 17.9. The number of rotatable bonds is 5. The lowest BCUT2D eigenvalue weighted by Gasteiger charge is -2.34. The number of nitrogens with one attached hydrogen (secondary N) is 1. The molecule has 1 fully saturated rings. The Hall–Kier alpha value is -1.89. The minimum absolute atomic E-state index is 0.0345. The second kappa shape index (κ2) is 7.99. The number of hydrogen-bond acceptors (Lipinski definition) is 4. The molecule has 2 aliphatic rings. The van der Waals surface area contributed by atoms with Crippen LogP contribution in [-0.2, 0) is 20.9 Å². The molecule has 0 aromatic carbocycles. The van der Waals surface area contributed by atoms with Crippen molar-refractivity contribution in [3.05, 3.63) is 18.2 Å². The van der Waals surface area contributed by atoms with Gasteiger partial charge in [-0.3, -0.25) is 9.59 Å². The topological polar surface area (TPSA) is 76.5 Å². The zero-order valence-electron chi connectivity index (χ0n) is 15.1. The van der Waals surface area contributed by atoms with E-state index in [9.17, 15) is 9.59 Å². The van der Waals surface area contributed by atoms with E-state index in [1.54, 1.807) is 17.4 Å². The Labute approximate surface area is 148 Å². The molecule has 3 heterocycles. The lowest BCUT2D eigenvalue weighted by atomic mass is 10.0. The number of aromatic nitrogens is 2. The fourth-order valence-corrected chi connectivity index (χ4v) is 3.48. The number of carbonyl (C=O) groups excluding carboxylic acids is 2. The van der Waals surface area contributed by atoms with Crippen LogP contribution in [-0.4, -0.2) is 52.6 Å². The molecule has 1 aromatic heterocycles. The molecule has 1 unspecified atom stereocenters. The zero-order valence-corrected chi connectivity index (χ0v) is 15.1. The molecule has 138 valence electrons. The molecule has 2 aliphatic heterocycles. The highest BCUT2D eigenvalue weighted by atomic mass is 16.5. The smallest absolute Gasteiger partial charge is 0.244 e. The van der Waals surface area contributed by atoms with Crippen LogP contribution in [0.5, 0.6) is 0 Å². The molecule has 0 spiro atoms. The van der Waals surface area contributed by atoms with Crippen LogP contribution in [0.3, 0.4) is 0 Å². The van der Waals surface area contributed by atoms with Crippen molar-refractivity contribution in [3.8, 4) is 0 Å². The number of carbonyl (C=O) groups is 2. The minimum Gasteiger partial charge on any atom is -0.381 e. The van der Waals surface area contributed by atoms with Gasteiger partial charge in [-0.1, -0.05) is 13.8 Å². The molecule has 25 heavy (non-hydrogen) atoms. The molecular formula is C18H28N4O3. The third kappa shape index (κ3) is 4.39. The molecule has 7 heteroatoms. The van der Waals surface area contributed by atoms with Gasteiger partial charge in [0.2, 0.25) is 11.8 Å². The van der Waals surface area contributed by atoms with Gasteiger partial charge in [0.25, 0.3) is 0 Å². The summed E-state index contributed by atoms with van der Waals surface area (Å²) in [4.78, 5) is 31.2. The summed E-state index contributed by atoms with van der Waals surface area (Å²) in [6.45, 7) is 7.21. The Morgan fingerprint density at radius 1 is 1.36 bits per heavy atom. The van der Waals surface area contributed by atoms with Crippen LogP contribution in [0.4, 0.5) is 0 Å². The van der Waals surface area contributed by atoms with Gasteiger partial charge in [-0.05, 0) is 24.7 Å². The largest absolute Gasteiger partial charge is 0.381 e. The molecule has 0 saturated carbocycles. The highest BCUT2D eigenvalue weighted by Gasteiger charge is 2.32. The minimum atomic E-state index is -0.401. The second-order valence-corrected chi connectivity index (χ2v) is 7.48. The van der Waals surface area contributed by atoms with E-state index in [1.807, 2.05) is 18.4 Å². The summed E-state index contributed by atoms with van der Waals surface area (Å²) in [5.41, 5.74) is 0.912. The highest BCUT2D eigenvalue weighted by Crippen LogP contribution is 2.23. The maximum absolute atomic E-state index is 12.8. The van der Waals surface area contributed by atoms with E-state index in [-0.39, 0.29) is 11.8 Å². The van der Waals surface area contributed by atoms with Gasteiger partial charge >= 0.3 is 0 Å². The Morgan fingerprint density at radius 2 is 2.12 bits per heavy atom. The summed E-state index contributed by atoms with van der Waals surface area (Å²) < 4.78 is 7.26. The Kier molecular flexibility index (Phi) is 5.73. The molecule has 1 saturated heterocycles. The summed E-state index contributed by atoms with van der Waals surface area (Å²) >= 11 is 0. The SMILES string of the molecule is CC(C)CC(=O)N1Cc2cncn2C(C(=O)NCC2CCOCC2)C1. The van der Waals surface area contributed by atoms with Gasteiger partial charge in [0, 0.05) is 32.4 Å². The maximum atomic E-state index is 12.8. The van der Waals surface area contributed by atoms with Crippen LogP contribution in [0, 0.1) is 11.8 Å². The normalized spacial score (nSPS) is 21.2. The molecule has 7 nitrogen and oxygen atoms in total. The molecule has 0 radical (unpaired) electrons. The van der Waals surface area contributed by atoms with Crippen molar-refractivity contribution >= 4 is 11.8 Å². The summed E-state index contributed by atoms with van der Waals surface area (Å²) in [6.07, 6.45) is 5.91. The van der Waals surface area contributed by atoms with Crippen molar-refractivity contribution in [2.45, 2.75) is 45.7 Å². The fraction of sp³-hybridized carbons (Fsp3) is 0.722. The Morgan fingerprint density at radius 3 is 2.84 bits per heavy atom. The summed E-state index contributed by atoms with van der Waals surface area (Å²) in [7, 11) is 0. The van der Waals surface area contributed by atoms with Gasteiger partial charge in [0.05, 0.1) is 25.1 Å². The molecule has 2 amide bonds. The summed E-state index contributed by atoms with van der Waals surface area (Å²) in [5, 5.41) is 3.07. The number of nitrogens with zero attached hydrogens (tertiary/aromatic N) is 3. The van der Waals surface area contributed by atoms with E-state index in [4.69, 9.17) is 4.74 Å². The molecular weight excluding hydrogens is 320 g/mol. The first-order chi connectivity index (χ1) is 12.0. The zero-order chi connectivity index (χ0) is 17.8. The van der Waals surface area contributed by atoms with Crippen LogP contribution >= 0.6 is 0 Å². The van der Waals surface area contributed by atoms with Crippen molar-refractivity contribution in [3.63, 3.8) is 0 Å². The highest BCUT2D eigenvalue weighted by molar-refractivity contribution is 5.83. The first-order valence-corrected chi connectivity index (χ1v) is 9.18. The number of fused-ring (bicyclic) bond motifs is 1. The van der Waals surface area contributed by atoms with Gasteiger partial charge in [-0.2, -0.15) is 0 Å². The average Bonchev–Trinajstić information content (AvgIpc) is 3.07. The molecule has 0 bridgehead atoms. The number of hydrogen-bond donors (Lipinski definition) is 1. The van der Waals surface area contributed by atoms with Crippen molar-refractivity contribution < 1.29 is 14.3 Å². The molecule has 3 rings (SSSR count). The number of imidazole rings is 1. The quantitative estimate of drug-likeness (QED) is 0.872. The molecule has 1 aromatic rings. The van der Waals surface area contributed by atoms with Gasteiger partial charge in [-0.25, -0.2) is 4.98 Å².